The standard InChI is InChI=1S/C25H26N2O3S/c28-25(23-13-15-24(16-14-23)27-17-7-8-18-31(27,29)30)26(19-21-9-3-1-4-10-21)20-22-11-5-2-6-12-22/h1-6,9-16H,7-8,17-20H2. The summed E-state index contributed by atoms with van der Waals surface area (Å²) >= 11 is 0. The number of benzene rings is 3. The normalized spacial score (nSPS) is 15.4. The van der Waals surface area contributed by atoms with E-state index >= 15 is 0 Å². The Hall–Kier alpha value is -3.12. The van der Waals surface area contributed by atoms with E-state index in [-0.39, 0.29) is 11.7 Å². The van der Waals surface area contributed by atoms with Crippen LogP contribution in [0.4, 0.5) is 5.69 Å². The number of hydrogen-bond acceptors (Lipinski definition) is 3. The Morgan fingerprint density at radius 1 is 0.774 bits per heavy atom. The first-order valence-electron chi connectivity index (χ1n) is 10.5. The first-order chi connectivity index (χ1) is 15.0. The quantitative estimate of drug-likeness (QED) is 0.576. The summed E-state index contributed by atoms with van der Waals surface area (Å²) in [6, 6.07) is 26.7. The van der Waals surface area contributed by atoms with E-state index in [2.05, 4.69) is 0 Å². The Kier molecular flexibility index (Phi) is 6.37. The van der Waals surface area contributed by atoms with Gasteiger partial charge in [-0.15, -0.1) is 0 Å². The van der Waals surface area contributed by atoms with E-state index < -0.39 is 10.0 Å². The van der Waals surface area contributed by atoms with Crippen molar-refractivity contribution in [1.29, 1.82) is 0 Å². The zero-order valence-electron chi connectivity index (χ0n) is 17.4. The van der Waals surface area contributed by atoms with Gasteiger partial charge >= 0.3 is 0 Å². The molecule has 0 spiro atoms. The molecule has 0 aromatic heterocycles. The number of rotatable bonds is 6. The lowest BCUT2D eigenvalue weighted by molar-refractivity contribution is 0.0730. The van der Waals surface area contributed by atoms with Crippen molar-refractivity contribution in [2.24, 2.45) is 0 Å². The van der Waals surface area contributed by atoms with E-state index in [9.17, 15) is 13.2 Å². The van der Waals surface area contributed by atoms with Crippen LogP contribution < -0.4 is 4.31 Å². The van der Waals surface area contributed by atoms with Gasteiger partial charge in [0.05, 0.1) is 11.4 Å². The SMILES string of the molecule is O=C(c1ccc(N2CCCCS2(=O)=O)cc1)N(Cc1ccccc1)Cc1ccccc1. The van der Waals surface area contributed by atoms with Crippen LogP contribution in [0.25, 0.3) is 0 Å². The van der Waals surface area contributed by atoms with Gasteiger partial charge in [0.15, 0.2) is 0 Å². The molecule has 1 amide bonds. The van der Waals surface area contributed by atoms with Crippen LogP contribution in [0.15, 0.2) is 84.9 Å². The summed E-state index contributed by atoms with van der Waals surface area (Å²) in [4.78, 5) is 15.2. The van der Waals surface area contributed by atoms with Crippen molar-refractivity contribution in [2.45, 2.75) is 25.9 Å². The van der Waals surface area contributed by atoms with Gasteiger partial charge in [-0.1, -0.05) is 60.7 Å². The van der Waals surface area contributed by atoms with Crippen molar-refractivity contribution < 1.29 is 13.2 Å². The van der Waals surface area contributed by atoms with Crippen LogP contribution in [0.2, 0.25) is 0 Å². The minimum absolute atomic E-state index is 0.0826. The molecule has 0 radical (unpaired) electrons. The average molecular weight is 435 g/mol. The molecule has 4 rings (SSSR count). The zero-order valence-corrected chi connectivity index (χ0v) is 18.2. The van der Waals surface area contributed by atoms with Gasteiger partial charge in [-0.05, 0) is 48.2 Å². The average Bonchev–Trinajstić information content (AvgIpc) is 2.79. The Bertz CT molecular complexity index is 1070. The molecule has 1 aliphatic heterocycles. The lowest BCUT2D eigenvalue weighted by Crippen LogP contribution is -2.37. The highest BCUT2D eigenvalue weighted by molar-refractivity contribution is 7.92. The predicted molar refractivity (Wildman–Crippen MR) is 123 cm³/mol. The van der Waals surface area contributed by atoms with Crippen LogP contribution in [0, 0.1) is 0 Å². The van der Waals surface area contributed by atoms with E-state index in [1.807, 2.05) is 65.6 Å². The molecular weight excluding hydrogens is 408 g/mol. The fourth-order valence-electron chi connectivity index (χ4n) is 3.84. The fraction of sp³-hybridized carbons (Fsp3) is 0.240. The molecule has 1 fully saturated rings. The van der Waals surface area contributed by atoms with E-state index in [0.717, 1.165) is 17.5 Å². The van der Waals surface area contributed by atoms with Crippen LogP contribution in [0.1, 0.15) is 34.3 Å². The molecule has 5 nitrogen and oxygen atoms in total. The van der Waals surface area contributed by atoms with Gasteiger partial charge in [-0.2, -0.15) is 0 Å². The fourth-order valence-corrected chi connectivity index (χ4v) is 5.48. The van der Waals surface area contributed by atoms with E-state index in [4.69, 9.17) is 0 Å². The molecule has 1 heterocycles. The van der Waals surface area contributed by atoms with Gasteiger partial charge in [0, 0.05) is 25.2 Å². The summed E-state index contributed by atoms with van der Waals surface area (Å²) in [5.74, 6) is 0.0936. The smallest absolute Gasteiger partial charge is 0.254 e. The number of carbonyl (C=O) groups excluding carboxylic acids is 1. The molecule has 0 aliphatic carbocycles. The van der Waals surface area contributed by atoms with Gasteiger partial charge in [0.2, 0.25) is 10.0 Å². The number of anilines is 1. The summed E-state index contributed by atoms with van der Waals surface area (Å²) in [5.41, 5.74) is 3.28. The van der Waals surface area contributed by atoms with Crippen LogP contribution in [-0.4, -0.2) is 31.5 Å². The van der Waals surface area contributed by atoms with Gasteiger partial charge < -0.3 is 4.90 Å². The number of carbonyl (C=O) groups is 1. The Labute approximate surface area is 184 Å². The molecule has 0 saturated carbocycles. The van der Waals surface area contributed by atoms with Gasteiger partial charge in [0.25, 0.3) is 5.91 Å². The van der Waals surface area contributed by atoms with Crippen molar-refractivity contribution >= 4 is 21.6 Å². The van der Waals surface area contributed by atoms with Gasteiger partial charge in [-0.25, -0.2) is 8.42 Å². The van der Waals surface area contributed by atoms with Crippen molar-refractivity contribution in [3.63, 3.8) is 0 Å². The summed E-state index contributed by atoms with van der Waals surface area (Å²) < 4.78 is 26.2. The number of sulfonamides is 1. The summed E-state index contributed by atoms with van der Waals surface area (Å²) in [6.45, 7) is 1.48. The third-order valence-electron chi connectivity index (χ3n) is 5.47. The Morgan fingerprint density at radius 2 is 1.32 bits per heavy atom. The van der Waals surface area contributed by atoms with E-state index in [1.54, 1.807) is 24.3 Å². The molecule has 3 aromatic rings. The Morgan fingerprint density at radius 3 is 1.84 bits per heavy atom. The number of nitrogens with zero attached hydrogens (tertiary/aromatic N) is 2. The molecule has 0 unspecified atom stereocenters. The van der Waals surface area contributed by atoms with Crippen LogP contribution in [-0.2, 0) is 23.1 Å². The molecule has 6 heteroatoms. The number of amides is 1. The molecule has 160 valence electrons. The van der Waals surface area contributed by atoms with Gasteiger partial charge in [0.1, 0.15) is 0 Å². The largest absolute Gasteiger partial charge is 0.330 e. The molecule has 31 heavy (non-hydrogen) atoms. The minimum atomic E-state index is -3.27. The maximum Gasteiger partial charge on any atom is 0.254 e. The predicted octanol–water partition coefficient (Wildman–Crippen LogP) is 4.46. The van der Waals surface area contributed by atoms with Crippen LogP contribution in [0.5, 0.6) is 0 Å². The molecular formula is C25H26N2O3S. The van der Waals surface area contributed by atoms with E-state index in [1.165, 1.54) is 4.31 Å². The van der Waals surface area contributed by atoms with Crippen molar-refractivity contribution in [3.8, 4) is 0 Å². The monoisotopic (exact) mass is 434 g/mol. The van der Waals surface area contributed by atoms with Crippen LogP contribution >= 0.6 is 0 Å². The molecule has 0 bridgehead atoms. The van der Waals surface area contributed by atoms with Crippen LogP contribution in [0.3, 0.4) is 0 Å². The summed E-state index contributed by atoms with van der Waals surface area (Å²) in [7, 11) is -3.27. The molecule has 0 N–H and O–H groups in total. The molecule has 1 saturated heterocycles. The third kappa shape index (κ3) is 5.14. The second-order valence-electron chi connectivity index (χ2n) is 7.77. The topological polar surface area (TPSA) is 57.7 Å². The molecule has 0 atom stereocenters. The third-order valence-corrected chi connectivity index (χ3v) is 7.34. The molecule has 3 aromatic carbocycles. The van der Waals surface area contributed by atoms with Crippen molar-refractivity contribution in [3.05, 3.63) is 102 Å². The second-order valence-corrected chi connectivity index (χ2v) is 9.79. The van der Waals surface area contributed by atoms with Crippen molar-refractivity contribution in [1.82, 2.24) is 4.90 Å². The van der Waals surface area contributed by atoms with Crippen molar-refractivity contribution in [2.75, 3.05) is 16.6 Å². The lowest BCUT2D eigenvalue weighted by Gasteiger charge is -2.28. The summed E-state index contributed by atoms with van der Waals surface area (Å²) in [5, 5.41) is 0. The second kappa shape index (κ2) is 9.35. The molecule has 1 aliphatic rings. The Balaban J connectivity index is 1.57. The highest BCUT2D eigenvalue weighted by Gasteiger charge is 2.26. The minimum Gasteiger partial charge on any atom is -0.330 e. The van der Waals surface area contributed by atoms with Gasteiger partial charge in [-0.3, -0.25) is 9.10 Å². The maximum absolute atomic E-state index is 13.4. The highest BCUT2D eigenvalue weighted by Crippen LogP contribution is 2.24. The zero-order chi connectivity index (χ0) is 21.7. The maximum atomic E-state index is 13.4. The first kappa shape index (κ1) is 21.1. The highest BCUT2D eigenvalue weighted by atomic mass is 32.2. The first-order valence-corrected chi connectivity index (χ1v) is 12.1. The lowest BCUT2D eigenvalue weighted by atomic mass is 10.1. The number of hydrogen-bond donors (Lipinski definition) is 0. The van der Waals surface area contributed by atoms with E-state index in [0.29, 0.717) is 37.3 Å². The summed E-state index contributed by atoms with van der Waals surface area (Å²) in [6.07, 6.45) is 1.55.